The second-order valence-corrected chi connectivity index (χ2v) is 7.86. The molecule has 0 spiro atoms. The highest BCUT2D eigenvalue weighted by molar-refractivity contribution is 5.81. The van der Waals surface area contributed by atoms with Crippen LogP contribution in [-0.2, 0) is 9.59 Å². The number of hydrogen-bond acceptors (Lipinski definition) is 4. The van der Waals surface area contributed by atoms with Crippen molar-refractivity contribution >= 4 is 11.8 Å². The minimum Gasteiger partial charge on any atom is -0.339 e. The van der Waals surface area contributed by atoms with E-state index in [4.69, 9.17) is 0 Å². The highest BCUT2D eigenvalue weighted by Crippen LogP contribution is 2.29. The van der Waals surface area contributed by atoms with Gasteiger partial charge in [0.2, 0.25) is 11.8 Å². The molecule has 1 N–H and O–H groups in total. The van der Waals surface area contributed by atoms with Crippen LogP contribution in [0.2, 0.25) is 0 Å². The Morgan fingerprint density at radius 1 is 0.966 bits per heavy atom. The van der Waals surface area contributed by atoms with E-state index in [1.807, 2.05) is 24.0 Å². The molecule has 1 atom stereocenters. The molecule has 0 aliphatic carbocycles. The lowest BCUT2D eigenvalue weighted by Crippen LogP contribution is -2.53. The van der Waals surface area contributed by atoms with Gasteiger partial charge in [-0.05, 0) is 18.1 Å². The quantitative estimate of drug-likeness (QED) is 0.846. The van der Waals surface area contributed by atoms with Crippen LogP contribution in [0.3, 0.4) is 0 Å². The normalized spacial score (nSPS) is 20.8. The number of hydrazine groups is 1. The predicted molar refractivity (Wildman–Crippen MR) is 112 cm³/mol. The highest BCUT2D eigenvalue weighted by atomic mass is 16.2. The third-order valence-electron chi connectivity index (χ3n) is 5.85. The molecule has 6 nitrogen and oxygen atoms in total. The van der Waals surface area contributed by atoms with Crippen LogP contribution >= 0.6 is 0 Å². The van der Waals surface area contributed by atoms with Gasteiger partial charge in [0, 0.05) is 38.6 Å². The van der Waals surface area contributed by atoms with Crippen LogP contribution in [0.5, 0.6) is 0 Å². The smallest absolute Gasteiger partial charge is 0.238 e. The van der Waals surface area contributed by atoms with Crippen LogP contribution in [0.15, 0.2) is 60.7 Å². The Labute approximate surface area is 172 Å². The average molecular weight is 393 g/mol. The second-order valence-electron chi connectivity index (χ2n) is 7.86. The Kier molecular flexibility index (Phi) is 5.92. The number of amides is 2. The number of benzene rings is 2. The fourth-order valence-electron chi connectivity index (χ4n) is 4.25. The molecule has 6 heteroatoms. The van der Waals surface area contributed by atoms with Crippen molar-refractivity contribution in [2.75, 3.05) is 32.7 Å². The van der Waals surface area contributed by atoms with E-state index in [0.717, 1.165) is 13.1 Å². The van der Waals surface area contributed by atoms with Crippen LogP contribution in [0.1, 0.15) is 30.5 Å². The number of carbonyl (C=O) groups excluding carboxylic acids is 2. The van der Waals surface area contributed by atoms with E-state index in [0.29, 0.717) is 19.5 Å². The molecule has 2 fully saturated rings. The molecule has 2 aliphatic rings. The largest absolute Gasteiger partial charge is 0.339 e. The Bertz CT molecular complexity index is 795. The number of nitrogens with one attached hydrogen (secondary N) is 1. The summed E-state index contributed by atoms with van der Waals surface area (Å²) in [5.41, 5.74) is 5.32. The van der Waals surface area contributed by atoms with E-state index in [-0.39, 0.29) is 30.4 Å². The van der Waals surface area contributed by atoms with Gasteiger partial charge >= 0.3 is 0 Å². The van der Waals surface area contributed by atoms with Gasteiger partial charge in [-0.3, -0.25) is 19.9 Å². The van der Waals surface area contributed by atoms with Crippen LogP contribution in [0.25, 0.3) is 0 Å². The second kappa shape index (κ2) is 8.76. The van der Waals surface area contributed by atoms with Crippen molar-refractivity contribution in [2.24, 2.45) is 0 Å². The van der Waals surface area contributed by atoms with Gasteiger partial charge in [0.05, 0.1) is 12.6 Å². The van der Waals surface area contributed by atoms with Crippen molar-refractivity contribution in [2.45, 2.75) is 25.4 Å². The standard InChI is InChI=1S/C23H28N4O2/c1-18-16-21(28)24-27(18)17-22(29)25-12-14-26(15-13-25)23(19-8-4-2-5-9-19)20-10-6-3-7-11-20/h2-11,18,23H,12-17H2,1H3,(H,24,28)/t18-/m1/s1. The summed E-state index contributed by atoms with van der Waals surface area (Å²) >= 11 is 0. The molecule has 0 unspecified atom stereocenters. The Balaban J connectivity index is 1.42. The summed E-state index contributed by atoms with van der Waals surface area (Å²) in [5, 5.41) is 1.76. The predicted octanol–water partition coefficient (Wildman–Crippen LogP) is 2.05. The van der Waals surface area contributed by atoms with Gasteiger partial charge in [0.1, 0.15) is 0 Å². The minimum absolute atomic E-state index is 0.0105. The lowest BCUT2D eigenvalue weighted by Gasteiger charge is -2.40. The fraction of sp³-hybridized carbons (Fsp3) is 0.391. The van der Waals surface area contributed by atoms with E-state index < -0.39 is 0 Å². The van der Waals surface area contributed by atoms with E-state index in [1.165, 1.54) is 11.1 Å². The molecule has 0 saturated carbocycles. The van der Waals surface area contributed by atoms with Gasteiger partial charge < -0.3 is 4.90 Å². The van der Waals surface area contributed by atoms with Crippen LogP contribution in [-0.4, -0.2) is 65.4 Å². The molecule has 2 aromatic carbocycles. The Morgan fingerprint density at radius 3 is 2.00 bits per heavy atom. The van der Waals surface area contributed by atoms with E-state index >= 15 is 0 Å². The summed E-state index contributed by atoms with van der Waals surface area (Å²) in [5.74, 6) is 0.0679. The summed E-state index contributed by atoms with van der Waals surface area (Å²) in [7, 11) is 0. The molecule has 0 bridgehead atoms. The summed E-state index contributed by atoms with van der Waals surface area (Å²) < 4.78 is 0. The first-order valence-corrected chi connectivity index (χ1v) is 10.3. The molecule has 2 aliphatic heterocycles. The number of rotatable bonds is 5. The third-order valence-corrected chi connectivity index (χ3v) is 5.85. The fourth-order valence-corrected chi connectivity index (χ4v) is 4.25. The number of nitrogens with zero attached hydrogens (tertiary/aromatic N) is 3. The average Bonchev–Trinajstić information content (AvgIpc) is 3.07. The van der Waals surface area contributed by atoms with Gasteiger partial charge in [-0.15, -0.1) is 0 Å². The number of hydrogen-bond donors (Lipinski definition) is 1. The monoisotopic (exact) mass is 392 g/mol. The van der Waals surface area contributed by atoms with Gasteiger partial charge in [-0.25, -0.2) is 5.01 Å². The molecular formula is C23H28N4O2. The summed E-state index contributed by atoms with van der Waals surface area (Å²) in [6, 6.07) is 21.3. The van der Waals surface area contributed by atoms with Gasteiger partial charge in [0.15, 0.2) is 0 Å². The molecule has 2 amide bonds. The molecular weight excluding hydrogens is 364 g/mol. The zero-order chi connectivity index (χ0) is 20.2. The zero-order valence-electron chi connectivity index (χ0n) is 16.8. The van der Waals surface area contributed by atoms with Crippen molar-refractivity contribution in [3.8, 4) is 0 Å². The van der Waals surface area contributed by atoms with Crippen LogP contribution < -0.4 is 5.43 Å². The van der Waals surface area contributed by atoms with Gasteiger partial charge in [-0.1, -0.05) is 60.7 Å². The van der Waals surface area contributed by atoms with E-state index in [1.54, 1.807) is 5.01 Å². The summed E-state index contributed by atoms with van der Waals surface area (Å²) in [6.07, 6.45) is 0.455. The topological polar surface area (TPSA) is 55.9 Å². The van der Waals surface area contributed by atoms with Crippen molar-refractivity contribution in [1.82, 2.24) is 20.2 Å². The van der Waals surface area contributed by atoms with Crippen molar-refractivity contribution < 1.29 is 9.59 Å². The molecule has 29 heavy (non-hydrogen) atoms. The molecule has 152 valence electrons. The van der Waals surface area contributed by atoms with Crippen molar-refractivity contribution in [3.05, 3.63) is 71.8 Å². The molecule has 0 radical (unpaired) electrons. The molecule has 4 rings (SSSR count). The summed E-state index contributed by atoms with van der Waals surface area (Å²) in [6.45, 7) is 5.25. The van der Waals surface area contributed by atoms with Gasteiger partial charge in [-0.2, -0.15) is 0 Å². The Morgan fingerprint density at radius 2 is 1.52 bits per heavy atom. The van der Waals surface area contributed by atoms with Crippen molar-refractivity contribution in [3.63, 3.8) is 0 Å². The molecule has 2 aromatic rings. The minimum atomic E-state index is -0.0105. The maximum Gasteiger partial charge on any atom is 0.238 e. The van der Waals surface area contributed by atoms with Crippen LogP contribution in [0.4, 0.5) is 0 Å². The molecule has 2 heterocycles. The first-order chi connectivity index (χ1) is 14.1. The molecule has 0 aromatic heterocycles. The zero-order valence-corrected chi connectivity index (χ0v) is 16.8. The van der Waals surface area contributed by atoms with E-state index in [2.05, 4.69) is 58.9 Å². The van der Waals surface area contributed by atoms with Crippen LogP contribution in [0, 0.1) is 0 Å². The lowest BCUT2D eigenvalue weighted by molar-refractivity contribution is -0.135. The Hall–Kier alpha value is -2.70. The molecule has 2 saturated heterocycles. The lowest BCUT2D eigenvalue weighted by atomic mass is 9.96. The summed E-state index contributed by atoms with van der Waals surface area (Å²) in [4.78, 5) is 28.6. The maximum absolute atomic E-state index is 12.7. The highest BCUT2D eigenvalue weighted by Gasteiger charge is 2.32. The number of piperazine rings is 1. The number of carbonyl (C=O) groups is 2. The van der Waals surface area contributed by atoms with Crippen molar-refractivity contribution in [1.29, 1.82) is 0 Å². The first-order valence-electron chi connectivity index (χ1n) is 10.3. The first kappa shape index (κ1) is 19.6. The van der Waals surface area contributed by atoms with Gasteiger partial charge in [0.25, 0.3) is 0 Å². The SMILES string of the molecule is C[C@@H]1CC(=O)NN1CC(=O)N1CCN(C(c2ccccc2)c2ccccc2)CC1. The maximum atomic E-state index is 12.7. The third kappa shape index (κ3) is 4.49. The van der Waals surface area contributed by atoms with E-state index in [9.17, 15) is 9.59 Å².